The minimum atomic E-state index is 0.00757. The Hall–Kier alpha value is -2.50. The van der Waals surface area contributed by atoms with Gasteiger partial charge in [-0.1, -0.05) is 30.5 Å². The molecule has 1 aliphatic carbocycles. The van der Waals surface area contributed by atoms with Crippen LogP contribution in [0.2, 0.25) is 0 Å². The number of nitrogens with one attached hydrogen (secondary N) is 1. The Bertz CT molecular complexity index is 705. The molecule has 1 amide bonds. The number of amides is 1. The lowest BCUT2D eigenvalue weighted by atomic mass is 9.88. The second-order valence-electron chi connectivity index (χ2n) is 5.96. The van der Waals surface area contributed by atoms with E-state index in [1.54, 1.807) is 20.4 Å². The van der Waals surface area contributed by atoms with Crippen molar-refractivity contribution in [2.75, 3.05) is 19.5 Å². The van der Waals surface area contributed by atoms with Gasteiger partial charge in [0.25, 0.3) is 0 Å². The quantitative estimate of drug-likeness (QED) is 0.900. The molecule has 0 aliphatic heterocycles. The van der Waals surface area contributed by atoms with Crippen molar-refractivity contribution in [2.24, 2.45) is 5.92 Å². The molecule has 6 nitrogen and oxygen atoms in total. The molecule has 1 aliphatic rings. The van der Waals surface area contributed by atoms with Crippen LogP contribution < -0.4 is 14.8 Å². The molecule has 1 heterocycles. The van der Waals surface area contributed by atoms with Crippen LogP contribution in [0.15, 0.2) is 28.9 Å². The first-order valence-corrected chi connectivity index (χ1v) is 8.21. The lowest BCUT2D eigenvalue weighted by Gasteiger charge is -2.20. The van der Waals surface area contributed by atoms with Crippen LogP contribution in [-0.2, 0) is 4.79 Å². The van der Waals surface area contributed by atoms with Crippen molar-refractivity contribution in [3.63, 3.8) is 0 Å². The zero-order chi connectivity index (χ0) is 16.9. The van der Waals surface area contributed by atoms with E-state index >= 15 is 0 Å². The van der Waals surface area contributed by atoms with Crippen LogP contribution in [0.25, 0.3) is 11.1 Å². The maximum Gasteiger partial charge on any atom is 0.239 e. The lowest BCUT2D eigenvalue weighted by molar-refractivity contribution is -0.120. The number of benzene rings is 1. The summed E-state index contributed by atoms with van der Waals surface area (Å²) >= 11 is 0. The molecule has 1 aromatic heterocycles. The summed E-state index contributed by atoms with van der Waals surface area (Å²) in [5, 5.41) is 6.72. The van der Waals surface area contributed by atoms with E-state index < -0.39 is 0 Å². The fourth-order valence-electron chi connectivity index (χ4n) is 3.12. The van der Waals surface area contributed by atoms with E-state index in [9.17, 15) is 4.79 Å². The summed E-state index contributed by atoms with van der Waals surface area (Å²) in [5.41, 5.74) is 1.56. The Kier molecular flexibility index (Phi) is 5.03. The van der Waals surface area contributed by atoms with E-state index in [0.29, 0.717) is 17.4 Å². The molecular formula is C18H22N2O4. The molecule has 1 fully saturated rings. The number of hydrogen-bond acceptors (Lipinski definition) is 5. The summed E-state index contributed by atoms with van der Waals surface area (Å²) in [7, 11) is 3.17. The molecular weight excluding hydrogens is 308 g/mol. The average Bonchev–Trinajstić information content (AvgIpc) is 3.09. The lowest BCUT2D eigenvalue weighted by Crippen LogP contribution is -2.24. The predicted molar refractivity (Wildman–Crippen MR) is 90.2 cm³/mol. The van der Waals surface area contributed by atoms with Crippen molar-refractivity contribution >= 4 is 11.8 Å². The Morgan fingerprint density at radius 2 is 1.92 bits per heavy atom. The first-order chi connectivity index (χ1) is 11.7. The van der Waals surface area contributed by atoms with Gasteiger partial charge in [0.05, 0.1) is 26.0 Å². The number of nitrogens with zero attached hydrogens (tertiary/aromatic N) is 1. The van der Waals surface area contributed by atoms with Gasteiger partial charge in [0.1, 0.15) is 0 Å². The van der Waals surface area contributed by atoms with E-state index in [2.05, 4.69) is 10.5 Å². The number of aromatic nitrogens is 1. The summed E-state index contributed by atoms with van der Waals surface area (Å²) < 4.78 is 15.8. The monoisotopic (exact) mass is 330 g/mol. The minimum Gasteiger partial charge on any atom is -0.493 e. The van der Waals surface area contributed by atoms with Crippen LogP contribution in [0.5, 0.6) is 11.5 Å². The summed E-state index contributed by atoms with van der Waals surface area (Å²) in [4.78, 5) is 12.4. The third-order valence-electron chi connectivity index (χ3n) is 4.48. The fourth-order valence-corrected chi connectivity index (χ4v) is 3.12. The van der Waals surface area contributed by atoms with Gasteiger partial charge in [-0.25, -0.2) is 0 Å². The second-order valence-corrected chi connectivity index (χ2v) is 5.96. The highest BCUT2D eigenvalue weighted by atomic mass is 16.5. The van der Waals surface area contributed by atoms with Crippen LogP contribution in [0.3, 0.4) is 0 Å². The topological polar surface area (TPSA) is 73.6 Å². The normalized spacial score (nSPS) is 15.1. The number of ether oxygens (including phenoxy) is 2. The number of methoxy groups -OCH3 is 2. The van der Waals surface area contributed by atoms with Gasteiger partial charge in [-0.3, -0.25) is 10.1 Å². The molecule has 0 unspecified atom stereocenters. The van der Waals surface area contributed by atoms with E-state index in [-0.39, 0.29) is 11.8 Å². The smallest absolute Gasteiger partial charge is 0.239 e. The molecule has 0 radical (unpaired) electrons. The number of hydrogen-bond donors (Lipinski definition) is 1. The van der Waals surface area contributed by atoms with Gasteiger partial charge in [0.2, 0.25) is 11.8 Å². The standard InChI is InChI=1S/C18H22N2O4/c1-22-15-9-8-13(10-16(15)23-2)14-11-19-24-18(14)20-17(21)12-6-4-3-5-7-12/h8-12H,3-7H2,1-2H3,(H,20,21). The molecule has 24 heavy (non-hydrogen) atoms. The molecule has 2 aromatic rings. The SMILES string of the molecule is COc1ccc(-c2cnoc2NC(=O)C2CCCCC2)cc1OC. The van der Waals surface area contributed by atoms with E-state index in [0.717, 1.165) is 36.8 Å². The molecule has 1 N–H and O–H groups in total. The summed E-state index contributed by atoms with van der Waals surface area (Å²) in [5.74, 6) is 1.69. The van der Waals surface area contributed by atoms with E-state index in [4.69, 9.17) is 14.0 Å². The Labute approximate surface area is 141 Å². The molecule has 0 spiro atoms. The average molecular weight is 330 g/mol. The maximum absolute atomic E-state index is 12.4. The van der Waals surface area contributed by atoms with Crippen molar-refractivity contribution in [2.45, 2.75) is 32.1 Å². The van der Waals surface area contributed by atoms with E-state index in [1.807, 2.05) is 18.2 Å². The van der Waals surface area contributed by atoms with E-state index in [1.165, 1.54) is 6.42 Å². The highest BCUT2D eigenvalue weighted by molar-refractivity contribution is 5.94. The molecule has 3 rings (SSSR count). The van der Waals surface area contributed by atoms with Gasteiger partial charge in [0.15, 0.2) is 11.5 Å². The molecule has 0 bridgehead atoms. The van der Waals surface area contributed by atoms with Gasteiger partial charge in [-0.2, -0.15) is 0 Å². The predicted octanol–water partition coefficient (Wildman–Crippen LogP) is 3.88. The van der Waals surface area contributed by atoms with Gasteiger partial charge in [0, 0.05) is 5.92 Å². The Morgan fingerprint density at radius 3 is 2.62 bits per heavy atom. The number of carbonyl (C=O) groups is 1. The summed E-state index contributed by atoms with van der Waals surface area (Å²) in [6.45, 7) is 0. The molecule has 0 atom stereocenters. The van der Waals surface area contributed by atoms with Crippen molar-refractivity contribution in [1.29, 1.82) is 0 Å². The van der Waals surface area contributed by atoms with Crippen LogP contribution in [0.1, 0.15) is 32.1 Å². The zero-order valence-electron chi connectivity index (χ0n) is 14.0. The third kappa shape index (κ3) is 3.37. The Balaban J connectivity index is 1.81. The molecule has 128 valence electrons. The molecule has 0 saturated heterocycles. The largest absolute Gasteiger partial charge is 0.493 e. The molecule has 1 aromatic carbocycles. The van der Waals surface area contributed by atoms with Crippen LogP contribution in [0, 0.1) is 5.92 Å². The molecule has 1 saturated carbocycles. The number of carbonyl (C=O) groups excluding carboxylic acids is 1. The van der Waals surface area contributed by atoms with Crippen molar-refractivity contribution in [1.82, 2.24) is 5.16 Å². The van der Waals surface area contributed by atoms with Crippen LogP contribution in [0.4, 0.5) is 5.88 Å². The maximum atomic E-state index is 12.4. The zero-order valence-corrected chi connectivity index (χ0v) is 14.0. The van der Waals surface area contributed by atoms with Crippen molar-refractivity contribution in [3.8, 4) is 22.6 Å². The highest BCUT2D eigenvalue weighted by Crippen LogP contribution is 2.35. The van der Waals surface area contributed by atoms with Gasteiger partial charge >= 0.3 is 0 Å². The van der Waals surface area contributed by atoms with Gasteiger partial charge in [-0.05, 0) is 30.5 Å². The van der Waals surface area contributed by atoms with Crippen molar-refractivity contribution < 1.29 is 18.8 Å². The first kappa shape index (κ1) is 16.4. The van der Waals surface area contributed by atoms with Crippen LogP contribution >= 0.6 is 0 Å². The number of rotatable bonds is 5. The third-order valence-corrected chi connectivity index (χ3v) is 4.48. The van der Waals surface area contributed by atoms with Gasteiger partial charge < -0.3 is 14.0 Å². The second kappa shape index (κ2) is 7.38. The van der Waals surface area contributed by atoms with Crippen molar-refractivity contribution in [3.05, 3.63) is 24.4 Å². The Morgan fingerprint density at radius 1 is 1.17 bits per heavy atom. The highest BCUT2D eigenvalue weighted by Gasteiger charge is 2.23. The number of anilines is 1. The van der Waals surface area contributed by atoms with Gasteiger partial charge in [-0.15, -0.1) is 0 Å². The molecule has 6 heteroatoms. The summed E-state index contributed by atoms with van der Waals surface area (Å²) in [6.07, 6.45) is 6.89. The first-order valence-electron chi connectivity index (χ1n) is 8.21. The minimum absolute atomic E-state index is 0.00757. The van der Waals surface area contributed by atoms with Crippen LogP contribution in [-0.4, -0.2) is 25.3 Å². The summed E-state index contributed by atoms with van der Waals surface area (Å²) in [6, 6.07) is 5.53. The fraction of sp³-hybridized carbons (Fsp3) is 0.444.